The number of carbonyl (C=O) groups excluding carboxylic acids is 4. The third-order valence-electron chi connectivity index (χ3n) is 12.7. The summed E-state index contributed by atoms with van der Waals surface area (Å²) in [7, 11) is 1.72. The topological polar surface area (TPSA) is 113 Å². The fourth-order valence-corrected chi connectivity index (χ4v) is 11.3. The molecule has 4 amide bonds. The summed E-state index contributed by atoms with van der Waals surface area (Å²) in [6, 6.07) is 20.1. The molecular weight excluding hydrogens is 744 g/mol. The summed E-state index contributed by atoms with van der Waals surface area (Å²) in [4.78, 5) is 62.2. The number of aromatic hydroxyl groups is 1. The van der Waals surface area contributed by atoms with Crippen molar-refractivity contribution < 1.29 is 24.3 Å². The molecule has 2 saturated heterocycles. The Labute approximate surface area is 333 Å². The van der Waals surface area contributed by atoms with Gasteiger partial charge in [-0.3, -0.25) is 28.8 Å². The molecule has 0 bridgehead atoms. The zero-order valence-corrected chi connectivity index (χ0v) is 32.7. The first-order valence-corrected chi connectivity index (χ1v) is 19.9. The molecule has 9 nitrogen and oxygen atoms in total. The van der Waals surface area contributed by atoms with Crippen molar-refractivity contribution in [2.75, 3.05) is 9.80 Å². The first kappa shape index (κ1) is 36.1. The van der Waals surface area contributed by atoms with Crippen LogP contribution in [0.2, 0.25) is 5.02 Å². The van der Waals surface area contributed by atoms with E-state index < -0.39 is 46.8 Å². The van der Waals surface area contributed by atoms with Crippen LogP contribution in [0.4, 0.5) is 11.5 Å². The predicted molar refractivity (Wildman–Crippen MR) is 219 cm³/mol. The number of imide groups is 2. The van der Waals surface area contributed by atoms with Crippen molar-refractivity contribution in [3.63, 3.8) is 0 Å². The minimum absolute atomic E-state index is 0.0284. The number of nitrogens with zero attached hydrogens (tertiary/aromatic N) is 4. The molecule has 2 aliphatic carbocycles. The maximum Gasteiger partial charge on any atom is 0.242 e. The second-order valence-corrected chi connectivity index (χ2v) is 17.0. The van der Waals surface area contributed by atoms with Crippen LogP contribution in [0.5, 0.6) is 5.75 Å². The van der Waals surface area contributed by atoms with Gasteiger partial charge in [0.25, 0.3) is 0 Å². The van der Waals surface area contributed by atoms with E-state index in [-0.39, 0.29) is 24.0 Å². The van der Waals surface area contributed by atoms with Crippen LogP contribution in [0, 0.1) is 36.0 Å². The van der Waals surface area contributed by atoms with E-state index in [9.17, 15) is 19.5 Å². The van der Waals surface area contributed by atoms with Gasteiger partial charge >= 0.3 is 0 Å². The number of phenols is 1. The van der Waals surface area contributed by atoms with Gasteiger partial charge in [0, 0.05) is 34.3 Å². The lowest BCUT2D eigenvalue weighted by Crippen LogP contribution is -2.49. The van der Waals surface area contributed by atoms with Crippen LogP contribution in [0.1, 0.15) is 47.9 Å². The number of aryl methyl sites for hydroxylation is 2. The van der Waals surface area contributed by atoms with E-state index >= 15 is 4.79 Å². The molecule has 11 heteroatoms. The number of halogens is 1. The average Bonchev–Trinajstić information content (AvgIpc) is 3.86. The molecule has 6 atom stereocenters. The lowest BCUT2D eigenvalue weighted by molar-refractivity contribution is -0.131. The third-order valence-corrected chi connectivity index (χ3v) is 14.2. The number of thiophene rings is 1. The number of amides is 4. The molecule has 1 saturated carbocycles. The number of hydrogen-bond donors (Lipinski definition) is 1. The van der Waals surface area contributed by atoms with Gasteiger partial charge in [-0.1, -0.05) is 72.3 Å². The van der Waals surface area contributed by atoms with E-state index in [4.69, 9.17) is 16.7 Å². The van der Waals surface area contributed by atoms with Crippen molar-refractivity contribution in [2.45, 2.75) is 39.0 Å². The Balaban J connectivity index is 1.16. The van der Waals surface area contributed by atoms with Gasteiger partial charge in [-0.2, -0.15) is 5.10 Å². The Morgan fingerprint density at radius 2 is 1.75 bits per heavy atom. The molecule has 6 unspecified atom stereocenters. The number of anilines is 2. The Kier molecular flexibility index (Phi) is 8.37. The summed E-state index contributed by atoms with van der Waals surface area (Å²) in [6.07, 6.45) is 6.28. The maximum atomic E-state index is 15.2. The van der Waals surface area contributed by atoms with Gasteiger partial charge in [0.15, 0.2) is 0 Å². The largest absolute Gasteiger partial charge is 0.507 e. The number of allylic oxidation sites excluding steroid dienone is 3. The summed E-state index contributed by atoms with van der Waals surface area (Å²) in [5.74, 6) is -4.55. The number of fused-ring (bicyclic) bond motifs is 5. The quantitative estimate of drug-likeness (QED) is 0.131. The van der Waals surface area contributed by atoms with Crippen LogP contribution in [-0.4, -0.2) is 38.5 Å². The number of carbonyl (C=O) groups is 4. The van der Waals surface area contributed by atoms with Crippen molar-refractivity contribution in [1.29, 1.82) is 0 Å². The van der Waals surface area contributed by atoms with Gasteiger partial charge in [-0.05, 0) is 91.4 Å². The molecule has 3 fully saturated rings. The normalized spacial score (nSPS) is 25.7. The highest BCUT2D eigenvalue weighted by molar-refractivity contribution is 7.22. The van der Waals surface area contributed by atoms with Crippen LogP contribution in [0.25, 0.3) is 26.7 Å². The molecule has 2 aromatic heterocycles. The summed E-state index contributed by atoms with van der Waals surface area (Å²) in [6.45, 7) is 11.5. The fraction of sp³-hybridized carbons (Fsp3) is 0.267. The highest BCUT2D eigenvalue weighted by atomic mass is 35.5. The second kappa shape index (κ2) is 13.0. The van der Waals surface area contributed by atoms with Gasteiger partial charge in [0.1, 0.15) is 17.3 Å². The van der Waals surface area contributed by atoms with E-state index in [1.807, 2.05) is 62.4 Å². The first-order valence-electron chi connectivity index (χ1n) is 18.7. The van der Waals surface area contributed by atoms with Crippen LogP contribution >= 0.6 is 22.9 Å². The Morgan fingerprint density at radius 1 is 0.982 bits per heavy atom. The van der Waals surface area contributed by atoms with Crippen LogP contribution < -0.4 is 9.80 Å². The molecule has 2 aliphatic heterocycles. The standard InChI is InChI=1S/C45H39ClN4O5S/c1-6-9-25-10-8-11-30(39(25)51)38-28-17-18-29-37(43(54)49(41(29)52)27-15-12-24(7-2)13-16-27)32(28)21-33-42(53)50(44(55)45(33,38)4)36-22-34(47-48(36)5)40-23(3)31-20-26(46)14-19-35(31)56-40/h6-8,10-17,19-20,22,29,32-33,37-38,51H,1-2,9,18,21H2,3-5H3. The zero-order chi connectivity index (χ0) is 39.4. The summed E-state index contributed by atoms with van der Waals surface area (Å²) < 4.78 is 2.61. The van der Waals surface area contributed by atoms with Gasteiger partial charge in [0.05, 0.1) is 33.7 Å². The van der Waals surface area contributed by atoms with Gasteiger partial charge < -0.3 is 5.11 Å². The van der Waals surface area contributed by atoms with Crippen LogP contribution in [-0.2, 0) is 32.6 Å². The van der Waals surface area contributed by atoms with Crippen molar-refractivity contribution in [2.24, 2.45) is 36.1 Å². The molecular formula is C45H39ClN4O5S. The fourth-order valence-electron chi connectivity index (χ4n) is 9.97. The van der Waals surface area contributed by atoms with Crippen molar-refractivity contribution in [3.8, 4) is 16.3 Å². The van der Waals surface area contributed by atoms with E-state index in [2.05, 4.69) is 13.2 Å². The Hall–Kier alpha value is -5.58. The monoisotopic (exact) mass is 782 g/mol. The number of para-hydroxylation sites is 1. The number of phenolic OH excluding ortho intramolecular Hbond substituents is 1. The van der Waals surface area contributed by atoms with Crippen LogP contribution in [0.15, 0.2) is 97.6 Å². The van der Waals surface area contributed by atoms with Gasteiger partial charge in [-0.15, -0.1) is 17.9 Å². The molecule has 9 rings (SSSR count). The van der Waals surface area contributed by atoms with Crippen molar-refractivity contribution in [1.82, 2.24) is 9.78 Å². The van der Waals surface area contributed by atoms with Crippen LogP contribution in [0.3, 0.4) is 0 Å². The van der Waals surface area contributed by atoms with Gasteiger partial charge in [-0.25, -0.2) is 4.90 Å². The number of benzene rings is 3. The lowest BCUT2D eigenvalue weighted by Gasteiger charge is -2.49. The minimum Gasteiger partial charge on any atom is -0.507 e. The first-order chi connectivity index (χ1) is 26.9. The van der Waals surface area contributed by atoms with Crippen molar-refractivity contribution >= 4 is 74.2 Å². The Bertz CT molecular complexity index is 2600. The molecule has 4 aliphatic rings. The smallest absolute Gasteiger partial charge is 0.242 e. The van der Waals surface area contributed by atoms with E-state index in [0.29, 0.717) is 46.2 Å². The molecule has 0 spiro atoms. The Morgan fingerprint density at radius 3 is 2.48 bits per heavy atom. The van der Waals surface area contributed by atoms with E-state index in [0.717, 1.165) is 31.7 Å². The van der Waals surface area contributed by atoms with Crippen molar-refractivity contribution in [3.05, 3.63) is 125 Å². The lowest BCUT2D eigenvalue weighted by atomic mass is 9.51. The predicted octanol–water partition coefficient (Wildman–Crippen LogP) is 8.78. The second-order valence-electron chi connectivity index (χ2n) is 15.5. The third kappa shape index (κ3) is 5.01. The number of hydrogen-bond acceptors (Lipinski definition) is 7. The highest BCUT2D eigenvalue weighted by Gasteiger charge is 2.68. The molecule has 56 heavy (non-hydrogen) atoms. The average molecular weight is 783 g/mol. The van der Waals surface area contributed by atoms with E-state index in [1.54, 1.807) is 59.5 Å². The molecule has 5 aromatic rings. The molecule has 3 aromatic carbocycles. The highest BCUT2D eigenvalue weighted by Crippen LogP contribution is 2.64. The zero-order valence-electron chi connectivity index (χ0n) is 31.2. The van der Waals surface area contributed by atoms with Gasteiger partial charge in [0.2, 0.25) is 23.6 Å². The molecule has 0 radical (unpaired) electrons. The number of aromatic nitrogens is 2. The summed E-state index contributed by atoms with van der Waals surface area (Å²) in [5.41, 5.74) is 3.58. The molecule has 282 valence electrons. The summed E-state index contributed by atoms with van der Waals surface area (Å²) >= 11 is 7.90. The molecule has 1 N–H and O–H groups in total. The minimum atomic E-state index is -1.34. The summed E-state index contributed by atoms with van der Waals surface area (Å²) in [5, 5.41) is 18.3. The number of rotatable bonds is 7. The van der Waals surface area contributed by atoms with E-state index in [1.165, 1.54) is 9.80 Å². The molecule has 4 heterocycles. The maximum absolute atomic E-state index is 15.2. The SMILES string of the molecule is C=CCc1cccc(C2C3=CCC4C(=O)N(c5ccc(C=C)cc5)C(=O)C4C3CC3C(=O)N(c4cc(-c5sc6ccc(Cl)cc6c5C)nn4C)C(=O)C32C)c1O.